The molecule has 0 atom stereocenters. The van der Waals surface area contributed by atoms with Crippen LogP contribution in [-0.4, -0.2) is 10.5 Å². The van der Waals surface area contributed by atoms with Crippen LogP contribution in [0, 0.1) is 6.92 Å². The van der Waals surface area contributed by atoms with E-state index in [9.17, 15) is 4.79 Å². The third-order valence-corrected chi connectivity index (χ3v) is 3.19. The van der Waals surface area contributed by atoms with Gasteiger partial charge in [-0.1, -0.05) is 0 Å². The number of halogens is 1. The van der Waals surface area contributed by atoms with Crippen molar-refractivity contribution in [3.63, 3.8) is 0 Å². The number of benzene rings is 1. The second-order valence-electron chi connectivity index (χ2n) is 3.14. The van der Waals surface area contributed by atoms with Gasteiger partial charge < -0.3 is 18.1 Å². The Hall–Kier alpha value is -1.13. The lowest BCUT2D eigenvalue weighted by atomic mass is 10.3. The van der Waals surface area contributed by atoms with Gasteiger partial charge in [-0.05, 0) is 12.1 Å². The number of thiazole rings is 1. The number of amides is 1. The topological polar surface area (TPSA) is 48.0 Å². The normalized spacial score (nSPS) is 9.93. The van der Waals surface area contributed by atoms with Gasteiger partial charge in [-0.15, -0.1) is 0 Å². The number of rotatable bonds is 2. The number of carbonyl (C=O) groups is 1. The second kappa shape index (κ2) is 4.59. The molecule has 1 amide bonds. The summed E-state index contributed by atoms with van der Waals surface area (Å²) in [6.45, 7) is 2.25. The summed E-state index contributed by atoms with van der Waals surface area (Å²) in [5.41, 5.74) is 6.27. The lowest BCUT2D eigenvalue weighted by Crippen LogP contribution is -3.00. The molecule has 0 unspecified atom stereocenters. The van der Waals surface area contributed by atoms with E-state index in [4.69, 9.17) is 5.73 Å². The number of nitrogens with zero attached hydrogens (tertiary/aromatic N) is 1. The van der Waals surface area contributed by atoms with Crippen LogP contribution in [0.3, 0.4) is 0 Å². The van der Waals surface area contributed by atoms with Crippen molar-refractivity contribution in [2.45, 2.75) is 13.5 Å². The average Bonchev–Trinajstić information content (AvgIpc) is 2.43. The Bertz CT molecular complexity index is 495. The van der Waals surface area contributed by atoms with E-state index in [2.05, 4.69) is 0 Å². The molecule has 0 aliphatic heterocycles. The quantitative estimate of drug-likeness (QED) is 0.660. The Kier molecular flexibility index (Phi) is 3.66. The standard InChI is InChI=1S/C10H10N2OS.ClH/c1-7-12(6-10(11)13)8-4-2-3-5-9(8)14-7;/h2-5H,6H2,1H3,(H-,11,13);1H. The lowest BCUT2D eigenvalue weighted by Gasteiger charge is -1.95. The van der Waals surface area contributed by atoms with E-state index in [1.807, 2.05) is 35.8 Å². The summed E-state index contributed by atoms with van der Waals surface area (Å²) in [5, 5.41) is 1.10. The minimum Gasteiger partial charge on any atom is -1.00 e. The first-order valence-corrected chi connectivity index (χ1v) is 5.16. The first kappa shape index (κ1) is 11.9. The van der Waals surface area contributed by atoms with Crippen molar-refractivity contribution in [2.75, 3.05) is 0 Å². The number of nitrogens with two attached hydrogens (primary N) is 1. The summed E-state index contributed by atoms with van der Waals surface area (Å²) >= 11 is 1.68. The number of primary amides is 1. The predicted molar refractivity (Wildman–Crippen MR) is 58.2 cm³/mol. The van der Waals surface area contributed by atoms with E-state index < -0.39 is 0 Å². The van der Waals surface area contributed by atoms with Crippen LogP contribution in [0.5, 0.6) is 0 Å². The predicted octanol–water partition coefficient (Wildman–Crippen LogP) is -1.22. The van der Waals surface area contributed by atoms with Gasteiger partial charge in [0.15, 0.2) is 9.71 Å². The highest BCUT2D eigenvalue weighted by Crippen LogP contribution is 2.24. The smallest absolute Gasteiger partial charge is 0.240 e. The van der Waals surface area contributed by atoms with Gasteiger partial charge in [0.1, 0.15) is 6.54 Å². The molecule has 0 spiro atoms. The first-order valence-electron chi connectivity index (χ1n) is 4.35. The molecule has 0 saturated heterocycles. The molecular weight excluding hydrogens is 232 g/mol. The van der Waals surface area contributed by atoms with Gasteiger partial charge in [0.2, 0.25) is 11.4 Å². The number of para-hydroxylation sites is 1. The van der Waals surface area contributed by atoms with Crippen LogP contribution in [0.1, 0.15) is 5.01 Å². The Morgan fingerprint density at radius 2 is 2.20 bits per heavy atom. The molecule has 0 fully saturated rings. The third kappa shape index (κ3) is 2.27. The number of fused-ring (bicyclic) bond motifs is 1. The Labute approximate surface area is 97.9 Å². The molecule has 0 bridgehead atoms. The zero-order valence-corrected chi connectivity index (χ0v) is 9.81. The van der Waals surface area contributed by atoms with Crippen molar-refractivity contribution >= 4 is 27.5 Å². The maximum Gasteiger partial charge on any atom is 0.240 e. The largest absolute Gasteiger partial charge is 1.00 e. The molecule has 80 valence electrons. The number of hydrogen-bond acceptors (Lipinski definition) is 2. The Morgan fingerprint density at radius 3 is 2.87 bits per heavy atom. The highest BCUT2D eigenvalue weighted by atomic mass is 35.5. The van der Waals surface area contributed by atoms with Gasteiger partial charge in [0.25, 0.3) is 0 Å². The van der Waals surface area contributed by atoms with Crippen molar-refractivity contribution in [3.05, 3.63) is 29.3 Å². The molecule has 1 heterocycles. The monoisotopic (exact) mass is 242 g/mol. The van der Waals surface area contributed by atoms with E-state index in [1.165, 1.54) is 4.70 Å². The molecule has 5 heteroatoms. The van der Waals surface area contributed by atoms with Gasteiger partial charge in [0, 0.05) is 30.4 Å². The zero-order valence-electron chi connectivity index (χ0n) is 8.24. The van der Waals surface area contributed by atoms with Crippen LogP contribution in [0.25, 0.3) is 10.2 Å². The van der Waals surface area contributed by atoms with E-state index in [0.29, 0.717) is 0 Å². The zero-order chi connectivity index (χ0) is 10.1. The SMILES string of the molecule is C[c+]1sc2ccccc2n1CC(N)=O.[Cl-]. The minimum atomic E-state index is -0.304. The van der Waals surface area contributed by atoms with Gasteiger partial charge in [-0.3, -0.25) is 4.79 Å². The van der Waals surface area contributed by atoms with Crippen LogP contribution in [0.4, 0.5) is 0 Å². The molecule has 0 radical (unpaired) electrons. The van der Waals surface area contributed by atoms with E-state index in [-0.39, 0.29) is 24.9 Å². The number of aryl methyl sites for hydroxylation is 1. The van der Waals surface area contributed by atoms with Crippen molar-refractivity contribution < 1.29 is 17.2 Å². The van der Waals surface area contributed by atoms with Crippen molar-refractivity contribution in [1.82, 2.24) is 4.57 Å². The Balaban J connectivity index is 0.00000112. The fourth-order valence-corrected chi connectivity index (χ4v) is 2.52. The molecule has 3 nitrogen and oxygen atoms in total. The summed E-state index contributed by atoms with van der Waals surface area (Å²) in [7, 11) is 0. The maximum atomic E-state index is 10.9. The highest BCUT2D eigenvalue weighted by Gasteiger charge is 2.16. The Morgan fingerprint density at radius 1 is 1.53 bits per heavy atom. The third-order valence-electron chi connectivity index (χ3n) is 2.11. The second-order valence-corrected chi connectivity index (χ2v) is 4.38. The molecule has 0 saturated carbocycles. The molecule has 0 aliphatic carbocycles. The molecule has 1 aromatic carbocycles. The fraction of sp³-hybridized carbons (Fsp3) is 0.200. The minimum absolute atomic E-state index is 0. The van der Waals surface area contributed by atoms with Crippen LogP contribution in [0.2, 0.25) is 0 Å². The number of carbonyl (C=O) groups excluding carboxylic acids is 1. The summed E-state index contributed by atoms with van der Waals surface area (Å²) in [5.74, 6) is -0.304. The molecule has 15 heavy (non-hydrogen) atoms. The molecule has 0 aliphatic rings. The molecule has 2 aromatic rings. The molecule has 1 aromatic heterocycles. The number of aromatic nitrogens is 1. The first-order chi connectivity index (χ1) is 6.68. The van der Waals surface area contributed by atoms with Crippen LogP contribution >= 0.6 is 11.3 Å². The van der Waals surface area contributed by atoms with Crippen molar-refractivity contribution in [1.29, 1.82) is 0 Å². The highest BCUT2D eigenvalue weighted by molar-refractivity contribution is 7.18. The van der Waals surface area contributed by atoms with E-state index in [0.717, 1.165) is 10.5 Å². The van der Waals surface area contributed by atoms with Gasteiger partial charge in [-0.25, -0.2) is 4.57 Å². The van der Waals surface area contributed by atoms with E-state index in [1.54, 1.807) is 11.3 Å². The fourth-order valence-electron chi connectivity index (χ4n) is 1.50. The summed E-state index contributed by atoms with van der Waals surface area (Å²) in [6, 6.07) is 8.01. The lowest BCUT2D eigenvalue weighted by molar-refractivity contribution is -0.118. The summed E-state index contributed by atoms with van der Waals surface area (Å²) in [6.07, 6.45) is 0. The van der Waals surface area contributed by atoms with Crippen molar-refractivity contribution in [2.24, 2.45) is 5.73 Å². The van der Waals surface area contributed by atoms with Crippen LogP contribution in [0.15, 0.2) is 24.3 Å². The van der Waals surface area contributed by atoms with Gasteiger partial charge >= 0.3 is 0 Å². The van der Waals surface area contributed by atoms with Crippen LogP contribution in [-0.2, 0) is 11.3 Å². The van der Waals surface area contributed by atoms with Gasteiger partial charge in [-0.2, -0.15) is 0 Å². The molecule has 2 N–H and O–H groups in total. The number of hydrogen-bond donors (Lipinski definition) is 1. The van der Waals surface area contributed by atoms with E-state index >= 15 is 0 Å². The van der Waals surface area contributed by atoms with Crippen molar-refractivity contribution in [3.8, 4) is 0 Å². The van der Waals surface area contributed by atoms with Crippen LogP contribution < -0.4 is 18.1 Å². The van der Waals surface area contributed by atoms with Gasteiger partial charge in [0.05, 0.1) is 0 Å². The molecular formula is C10H11ClN2OS. The molecule has 2 rings (SSSR count). The average molecular weight is 243 g/mol. The maximum absolute atomic E-state index is 10.9. The summed E-state index contributed by atoms with van der Waals surface area (Å²) < 4.78 is 3.13. The summed E-state index contributed by atoms with van der Waals surface area (Å²) in [4.78, 5) is 10.9.